The number of hydrogen-bond donors (Lipinski definition) is 1. The Kier molecular flexibility index (Phi) is 5.62. The summed E-state index contributed by atoms with van der Waals surface area (Å²) in [5.74, 6) is 1.11. The standard InChI is InChI=1S/C26H27N9O/c1-32-16-21(15-30-32)19-11-22(25-20(12-27)14-31-35(25)17-19)18-4-5-24(29-13-18)33-7-9-34(10-8-33)26(36)23-3-2-6-28-23/h4-5,11,13-17,23,28H,2-3,6-10H2,1H3/t23-/m0/s1. The van der Waals surface area contributed by atoms with Gasteiger partial charge in [-0.2, -0.15) is 15.5 Å². The van der Waals surface area contributed by atoms with Gasteiger partial charge in [-0.25, -0.2) is 9.50 Å². The van der Waals surface area contributed by atoms with Crippen LogP contribution in [0.4, 0.5) is 5.82 Å². The Balaban J connectivity index is 1.25. The lowest BCUT2D eigenvalue weighted by Gasteiger charge is -2.36. The quantitative estimate of drug-likeness (QED) is 0.475. The minimum Gasteiger partial charge on any atom is -0.353 e. The van der Waals surface area contributed by atoms with Crippen LogP contribution in [-0.4, -0.2) is 74.0 Å². The van der Waals surface area contributed by atoms with Gasteiger partial charge >= 0.3 is 0 Å². The van der Waals surface area contributed by atoms with Gasteiger partial charge in [0, 0.05) is 74.1 Å². The van der Waals surface area contributed by atoms with Crippen LogP contribution in [0.2, 0.25) is 0 Å². The molecule has 10 heteroatoms. The second-order valence-electron chi connectivity index (χ2n) is 9.37. The zero-order valence-corrected chi connectivity index (χ0v) is 20.1. The SMILES string of the molecule is Cn1cc(-c2cc(-c3ccc(N4CCN(C(=O)[C@@H]5CCCN5)CC4)nc3)c3c(C#N)cnn3c2)cn1. The molecule has 1 atom stereocenters. The summed E-state index contributed by atoms with van der Waals surface area (Å²) < 4.78 is 3.51. The molecule has 1 N–H and O–H groups in total. The van der Waals surface area contributed by atoms with Crippen LogP contribution < -0.4 is 10.2 Å². The van der Waals surface area contributed by atoms with Gasteiger partial charge in [-0.3, -0.25) is 9.48 Å². The third kappa shape index (κ3) is 3.97. The van der Waals surface area contributed by atoms with E-state index in [9.17, 15) is 10.1 Å². The number of fused-ring (bicyclic) bond motifs is 1. The molecule has 2 fully saturated rings. The van der Waals surface area contributed by atoms with Crippen molar-refractivity contribution < 1.29 is 4.79 Å². The highest BCUT2D eigenvalue weighted by molar-refractivity contribution is 5.87. The van der Waals surface area contributed by atoms with Gasteiger partial charge in [0.2, 0.25) is 5.91 Å². The molecule has 0 aliphatic carbocycles. The van der Waals surface area contributed by atoms with Gasteiger partial charge in [0.1, 0.15) is 11.9 Å². The van der Waals surface area contributed by atoms with Crippen LogP contribution in [0.15, 0.2) is 49.2 Å². The Labute approximate surface area is 208 Å². The Hall–Kier alpha value is -4.23. The van der Waals surface area contributed by atoms with Crippen molar-refractivity contribution in [2.24, 2.45) is 7.05 Å². The molecule has 0 unspecified atom stereocenters. The average molecular weight is 482 g/mol. The second kappa shape index (κ2) is 9.09. The molecule has 2 aliphatic heterocycles. The van der Waals surface area contributed by atoms with E-state index >= 15 is 0 Å². The van der Waals surface area contributed by atoms with Gasteiger partial charge < -0.3 is 15.1 Å². The maximum absolute atomic E-state index is 12.7. The van der Waals surface area contributed by atoms with Crippen LogP contribution in [0.3, 0.4) is 0 Å². The number of nitrogens with one attached hydrogen (secondary N) is 1. The number of rotatable bonds is 4. The van der Waals surface area contributed by atoms with Crippen molar-refractivity contribution >= 4 is 17.2 Å². The van der Waals surface area contributed by atoms with Crippen molar-refractivity contribution in [2.75, 3.05) is 37.6 Å². The predicted octanol–water partition coefficient (Wildman–Crippen LogP) is 2.07. The van der Waals surface area contributed by atoms with Gasteiger partial charge in [0.05, 0.1) is 29.5 Å². The van der Waals surface area contributed by atoms with Crippen molar-refractivity contribution in [3.63, 3.8) is 0 Å². The maximum atomic E-state index is 12.7. The van der Waals surface area contributed by atoms with E-state index in [1.54, 1.807) is 15.4 Å². The Morgan fingerprint density at radius 1 is 1.06 bits per heavy atom. The number of aryl methyl sites for hydroxylation is 1. The smallest absolute Gasteiger partial charge is 0.239 e. The predicted molar refractivity (Wildman–Crippen MR) is 135 cm³/mol. The molecule has 2 aliphatic rings. The van der Waals surface area contributed by atoms with Gasteiger partial charge in [-0.1, -0.05) is 0 Å². The van der Waals surface area contributed by atoms with Crippen molar-refractivity contribution in [3.8, 4) is 28.3 Å². The molecule has 0 spiro atoms. The van der Waals surface area contributed by atoms with Gasteiger partial charge in [-0.15, -0.1) is 0 Å². The topological polar surface area (TPSA) is 107 Å². The molecule has 6 heterocycles. The Morgan fingerprint density at radius 2 is 1.92 bits per heavy atom. The van der Waals surface area contributed by atoms with Crippen LogP contribution in [0, 0.1) is 11.3 Å². The molecule has 182 valence electrons. The molecule has 6 rings (SSSR count). The molecule has 0 radical (unpaired) electrons. The molecule has 36 heavy (non-hydrogen) atoms. The summed E-state index contributed by atoms with van der Waals surface area (Å²) in [4.78, 5) is 21.7. The molecule has 0 bridgehead atoms. The Bertz CT molecular complexity index is 1450. The number of carbonyl (C=O) groups excluding carboxylic acids is 1. The van der Waals surface area contributed by atoms with Gasteiger partial charge in [-0.05, 0) is 37.6 Å². The van der Waals surface area contributed by atoms with Crippen LogP contribution in [-0.2, 0) is 11.8 Å². The molecule has 2 saturated heterocycles. The first kappa shape index (κ1) is 22.2. The van der Waals surface area contributed by atoms with E-state index in [1.165, 1.54) is 0 Å². The van der Waals surface area contributed by atoms with E-state index < -0.39 is 0 Å². The first-order chi connectivity index (χ1) is 17.6. The lowest BCUT2D eigenvalue weighted by Crippen LogP contribution is -2.53. The number of hydrogen-bond acceptors (Lipinski definition) is 7. The summed E-state index contributed by atoms with van der Waals surface area (Å²) in [6, 6.07) is 8.35. The fourth-order valence-corrected chi connectivity index (χ4v) is 5.16. The van der Waals surface area contributed by atoms with Gasteiger partial charge in [0.25, 0.3) is 0 Å². The summed E-state index contributed by atoms with van der Waals surface area (Å²) in [6.45, 7) is 3.85. The molecular weight excluding hydrogens is 454 g/mol. The minimum absolute atomic E-state index is 0.0185. The summed E-state index contributed by atoms with van der Waals surface area (Å²) in [7, 11) is 1.88. The van der Waals surface area contributed by atoms with E-state index in [0.29, 0.717) is 18.7 Å². The molecule has 0 aromatic carbocycles. The lowest BCUT2D eigenvalue weighted by molar-refractivity contribution is -0.133. The number of anilines is 1. The van der Waals surface area contributed by atoms with Crippen molar-refractivity contribution in [1.82, 2.24) is 34.6 Å². The third-order valence-electron chi connectivity index (χ3n) is 7.10. The number of nitriles is 1. The first-order valence-corrected chi connectivity index (χ1v) is 12.2. The number of carbonyl (C=O) groups is 1. The summed E-state index contributed by atoms with van der Waals surface area (Å²) in [5.41, 5.74) is 5.01. The third-order valence-corrected chi connectivity index (χ3v) is 7.10. The maximum Gasteiger partial charge on any atom is 0.239 e. The number of aromatic nitrogens is 5. The van der Waals surface area contributed by atoms with Crippen molar-refractivity contribution in [1.29, 1.82) is 5.26 Å². The molecular formula is C26H27N9O. The van der Waals surface area contributed by atoms with Crippen molar-refractivity contribution in [3.05, 3.63) is 54.7 Å². The monoisotopic (exact) mass is 481 g/mol. The first-order valence-electron chi connectivity index (χ1n) is 12.2. The highest BCUT2D eigenvalue weighted by Gasteiger charge is 2.29. The van der Waals surface area contributed by atoms with Crippen LogP contribution in [0.5, 0.6) is 0 Å². The molecule has 1 amide bonds. The molecule has 0 saturated carbocycles. The summed E-state index contributed by atoms with van der Waals surface area (Å²) in [6.07, 6.45) is 11.1. The van der Waals surface area contributed by atoms with E-state index in [1.807, 2.05) is 48.9 Å². The fourth-order valence-electron chi connectivity index (χ4n) is 5.16. The Morgan fingerprint density at radius 3 is 2.58 bits per heavy atom. The number of pyridine rings is 2. The highest BCUT2D eigenvalue weighted by Crippen LogP contribution is 2.32. The normalized spacial score (nSPS) is 18.1. The van der Waals surface area contributed by atoms with E-state index in [0.717, 1.165) is 66.1 Å². The average Bonchev–Trinajstić information content (AvgIpc) is 3.69. The fraction of sp³-hybridized carbons (Fsp3) is 0.346. The molecule has 4 aromatic heterocycles. The molecule has 4 aromatic rings. The van der Waals surface area contributed by atoms with Crippen LogP contribution in [0.25, 0.3) is 27.8 Å². The van der Waals surface area contributed by atoms with E-state index in [2.05, 4.69) is 32.5 Å². The zero-order chi connectivity index (χ0) is 24.6. The zero-order valence-electron chi connectivity index (χ0n) is 20.1. The van der Waals surface area contributed by atoms with Crippen molar-refractivity contribution in [2.45, 2.75) is 18.9 Å². The highest BCUT2D eigenvalue weighted by atomic mass is 16.2. The van der Waals surface area contributed by atoms with E-state index in [4.69, 9.17) is 4.98 Å². The van der Waals surface area contributed by atoms with E-state index in [-0.39, 0.29) is 11.9 Å². The molecule has 10 nitrogen and oxygen atoms in total. The largest absolute Gasteiger partial charge is 0.353 e. The van der Waals surface area contributed by atoms with Crippen LogP contribution >= 0.6 is 0 Å². The number of nitrogens with zero attached hydrogens (tertiary/aromatic N) is 8. The van der Waals surface area contributed by atoms with Gasteiger partial charge in [0.15, 0.2) is 0 Å². The number of amides is 1. The number of piperazine rings is 1. The lowest BCUT2D eigenvalue weighted by atomic mass is 10.0. The van der Waals surface area contributed by atoms with Crippen LogP contribution in [0.1, 0.15) is 18.4 Å². The summed E-state index contributed by atoms with van der Waals surface area (Å²) >= 11 is 0. The minimum atomic E-state index is -0.0185. The summed E-state index contributed by atoms with van der Waals surface area (Å²) in [5, 5.41) is 21.7. The second-order valence-corrected chi connectivity index (χ2v) is 9.37.